The van der Waals surface area contributed by atoms with E-state index in [9.17, 15) is 4.79 Å². The molecule has 142 valence electrons. The van der Waals surface area contributed by atoms with Gasteiger partial charge >= 0.3 is 0 Å². The molecule has 0 bridgehead atoms. The number of methoxy groups -OCH3 is 1. The van der Waals surface area contributed by atoms with Gasteiger partial charge in [-0.2, -0.15) is 0 Å². The predicted octanol–water partition coefficient (Wildman–Crippen LogP) is 0.624. The van der Waals surface area contributed by atoms with Crippen molar-refractivity contribution in [1.82, 2.24) is 25.3 Å². The van der Waals surface area contributed by atoms with Gasteiger partial charge in [-0.15, -0.1) is 0 Å². The zero-order valence-electron chi connectivity index (χ0n) is 15.8. The Morgan fingerprint density at radius 2 is 1.96 bits per heavy atom. The lowest BCUT2D eigenvalue weighted by Gasteiger charge is -2.46. The quantitative estimate of drug-likeness (QED) is 0.817. The number of benzene rings is 1. The summed E-state index contributed by atoms with van der Waals surface area (Å²) in [5.41, 5.74) is 2.40. The second-order valence-corrected chi connectivity index (χ2v) is 7.60. The molecule has 3 fully saturated rings. The highest BCUT2D eigenvalue weighted by Gasteiger charge is 2.57. The van der Waals surface area contributed by atoms with Crippen LogP contribution in [-0.2, 0) is 11.3 Å². The van der Waals surface area contributed by atoms with E-state index in [1.165, 1.54) is 11.3 Å². The molecule has 0 spiro atoms. The Balaban J connectivity index is 1.44. The molecule has 2 N–H and O–H groups in total. The fourth-order valence-corrected chi connectivity index (χ4v) is 4.72. The number of carbonyl (C=O) groups excluding carboxylic acids is 1. The van der Waals surface area contributed by atoms with E-state index in [1.54, 1.807) is 7.11 Å². The van der Waals surface area contributed by atoms with E-state index in [-0.39, 0.29) is 36.6 Å². The number of allylic oxidation sites excluding steroid dienone is 2. The SMILES string of the molecule is COc1ccc(CN2C3C(=O)N(C)C4NC5C=CC=C5N4C3N[C@@H]2C)cc1. The van der Waals surface area contributed by atoms with Crippen LogP contribution in [0.15, 0.2) is 48.2 Å². The number of rotatable bonds is 3. The lowest BCUT2D eigenvalue weighted by Crippen LogP contribution is -2.68. The van der Waals surface area contributed by atoms with Crippen LogP contribution >= 0.6 is 0 Å². The van der Waals surface area contributed by atoms with E-state index in [0.29, 0.717) is 6.54 Å². The second-order valence-electron chi connectivity index (χ2n) is 7.60. The van der Waals surface area contributed by atoms with Crippen LogP contribution < -0.4 is 15.4 Å². The third-order valence-electron chi connectivity index (χ3n) is 6.14. The van der Waals surface area contributed by atoms with E-state index < -0.39 is 0 Å². The molecule has 1 aromatic rings. The van der Waals surface area contributed by atoms with Crippen molar-refractivity contribution >= 4 is 5.91 Å². The van der Waals surface area contributed by atoms with E-state index in [0.717, 1.165) is 5.75 Å². The summed E-state index contributed by atoms with van der Waals surface area (Å²) in [7, 11) is 3.56. The van der Waals surface area contributed by atoms with Gasteiger partial charge in [-0.1, -0.05) is 24.3 Å². The molecule has 5 atom stereocenters. The molecule has 1 aliphatic carbocycles. The van der Waals surface area contributed by atoms with Crippen LogP contribution in [0.3, 0.4) is 0 Å². The molecule has 1 amide bonds. The van der Waals surface area contributed by atoms with Crippen molar-refractivity contribution in [2.45, 2.75) is 44.2 Å². The van der Waals surface area contributed by atoms with Crippen LogP contribution in [0.4, 0.5) is 0 Å². The normalized spacial score (nSPS) is 34.6. The summed E-state index contributed by atoms with van der Waals surface area (Å²) < 4.78 is 5.25. The molecule has 27 heavy (non-hydrogen) atoms. The third-order valence-corrected chi connectivity index (χ3v) is 6.14. The summed E-state index contributed by atoms with van der Waals surface area (Å²) in [5, 5.41) is 7.20. The van der Waals surface area contributed by atoms with Crippen LogP contribution in [0.25, 0.3) is 0 Å². The molecular formula is C20H25N5O2. The summed E-state index contributed by atoms with van der Waals surface area (Å²) in [6.45, 7) is 2.85. The highest BCUT2D eigenvalue weighted by Crippen LogP contribution is 2.37. The number of fused-ring (bicyclic) bond motifs is 5. The first-order valence-corrected chi connectivity index (χ1v) is 9.42. The van der Waals surface area contributed by atoms with Crippen molar-refractivity contribution in [1.29, 1.82) is 0 Å². The molecule has 0 saturated carbocycles. The summed E-state index contributed by atoms with van der Waals surface area (Å²) in [5.74, 6) is 0.999. The predicted molar refractivity (Wildman–Crippen MR) is 101 cm³/mol. The Kier molecular flexibility index (Phi) is 3.79. The van der Waals surface area contributed by atoms with Gasteiger partial charge in [0.25, 0.3) is 0 Å². The number of hydrogen-bond donors (Lipinski definition) is 2. The standard InChI is InChI=1S/C20H25N5O2/c1-12-21-18-17(24(12)11-13-7-9-14(27-3)10-8-13)19(26)23(2)20-22-15-5-4-6-16(15)25(18)20/h4-10,12,15,17-18,20-22H,11H2,1-3H3/t12-,15?,17?,18?,20?/m0/s1. The van der Waals surface area contributed by atoms with Crippen LogP contribution in [0, 0.1) is 0 Å². The third kappa shape index (κ3) is 2.42. The largest absolute Gasteiger partial charge is 0.497 e. The number of nitrogens with one attached hydrogen (secondary N) is 2. The number of hydrogen-bond acceptors (Lipinski definition) is 6. The molecular weight excluding hydrogens is 342 g/mol. The molecule has 0 aromatic heterocycles. The van der Waals surface area contributed by atoms with Crippen molar-refractivity contribution in [3.63, 3.8) is 0 Å². The zero-order chi connectivity index (χ0) is 18.7. The molecule has 3 heterocycles. The van der Waals surface area contributed by atoms with Gasteiger partial charge in [0.2, 0.25) is 5.91 Å². The van der Waals surface area contributed by atoms with Gasteiger partial charge in [0.15, 0.2) is 6.29 Å². The topological polar surface area (TPSA) is 60.1 Å². The number of nitrogens with zero attached hydrogens (tertiary/aromatic N) is 3. The van der Waals surface area contributed by atoms with Gasteiger partial charge < -0.3 is 14.5 Å². The molecule has 0 radical (unpaired) electrons. The van der Waals surface area contributed by atoms with Crippen LogP contribution in [0.2, 0.25) is 0 Å². The molecule has 1 aromatic carbocycles. The fraction of sp³-hybridized carbons (Fsp3) is 0.450. The van der Waals surface area contributed by atoms with E-state index >= 15 is 0 Å². The molecule has 7 heteroatoms. The number of carbonyl (C=O) groups is 1. The van der Waals surface area contributed by atoms with Gasteiger partial charge in [-0.3, -0.25) is 20.3 Å². The maximum Gasteiger partial charge on any atom is 0.245 e. The summed E-state index contributed by atoms with van der Waals surface area (Å²) in [6.07, 6.45) is 6.36. The molecule has 5 rings (SSSR count). The monoisotopic (exact) mass is 367 g/mol. The zero-order valence-corrected chi connectivity index (χ0v) is 15.8. The minimum atomic E-state index is -0.217. The van der Waals surface area contributed by atoms with Gasteiger partial charge in [-0.05, 0) is 30.7 Å². The van der Waals surface area contributed by atoms with E-state index in [2.05, 4.69) is 57.7 Å². The fourth-order valence-electron chi connectivity index (χ4n) is 4.72. The van der Waals surface area contributed by atoms with Crippen molar-refractivity contribution in [2.24, 2.45) is 0 Å². The second kappa shape index (κ2) is 6.09. The van der Waals surface area contributed by atoms with E-state index in [4.69, 9.17) is 4.74 Å². The molecule has 7 nitrogen and oxygen atoms in total. The maximum atomic E-state index is 13.2. The average molecular weight is 367 g/mol. The highest BCUT2D eigenvalue weighted by molar-refractivity contribution is 5.84. The van der Waals surface area contributed by atoms with Crippen LogP contribution in [0.5, 0.6) is 5.75 Å². The Morgan fingerprint density at radius 3 is 2.70 bits per heavy atom. The average Bonchev–Trinajstić information content (AvgIpc) is 3.34. The molecule has 4 unspecified atom stereocenters. The van der Waals surface area contributed by atoms with Crippen molar-refractivity contribution in [3.05, 3.63) is 53.8 Å². The van der Waals surface area contributed by atoms with Gasteiger partial charge in [-0.25, -0.2) is 0 Å². The number of amides is 1. The Hall–Kier alpha value is -2.35. The smallest absolute Gasteiger partial charge is 0.245 e. The minimum Gasteiger partial charge on any atom is -0.497 e. The lowest BCUT2D eigenvalue weighted by atomic mass is 10.1. The highest BCUT2D eigenvalue weighted by atomic mass is 16.5. The molecule has 3 saturated heterocycles. The number of ether oxygens (including phenoxy) is 1. The van der Waals surface area contributed by atoms with Crippen LogP contribution in [0.1, 0.15) is 12.5 Å². The van der Waals surface area contributed by atoms with Gasteiger partial charge in [0, 0.05) is 19.3 Å². The first-order chi connectivity index (χ1) is 13.1. The van der Waals surface area contributed by atoms with Gasteiger partial charge in [0.05, 0.1) is 19.3 Å². The number of likely N-dealkylation sites (N-methyl/N-ethyl adjacent to an activating group) is 1. The Morgan fingerprint density at radius 1 is 1.19 bits per heavy atom. The first-order valence-electron chi connectivity index (χ1n) is 9.42. The van der Waals surface area contributed by atoms with Crippen LogP contribution in [-0.4, -0.2) is 65.5 Å². The Bertz CT molecular complexity index is 820. The Labute approximate surface area is 159 Å². The summed E-state index contributed by atoms with van der Waals surface area (Å²) >= 11 is 0. The van der Waals surface area contributed by atoms with Crippen molar-refractivity contribution in [3.8, 4) is 5.75 Å². The maximum absolute atomic E-state index is 13.2. The van der Waals surface area contributed by atoms with Crippen molar-refractivity contribution < 1.29 is 9.53 Å². The lowest BCUT2D eigenvalue weighted by molar-refractivity contribution is -0.150. The van der Waals surface area contributed by atoms with Gasteiger partial charge in [0.1, 0.15) is 18.0 Å². The molecule has 4 aliphatic rings. The minimum absolute atomic E-state index is 0.0319. The first kappa shape index (κ1) is 16.8. The summed E-state index contributed by atoms with van der Waals surface area (Å²) in [4.78, 5) is 19.7. The molecule has 3 aliphatic heterocycles. The summed E-state index contributed by atoms with van der Waals surface area (Å²) in [6, 6.07) is 8.04. The van der Waals surface area contributed by atoms with E-state index in [1.807, 2.05) is 24.1 Å². The van der Waals surface area contributed by atoms with Crippen molar-refractivity contribution in [2.75, 3.05) is 14.2 Å².